The van der Waals surface area contributed by atoms with Crippen molar-refractivity contribution in [3.05, 3.63) is 131 Å². The van der Waals surface area contributed by atoms with E-state index in [1.165, 1.54) is 109 Å². The zero-order valence-electron chi connectivity index (χ0n) is 24.3. The van der Waals surface area contributed by atoms with E-state index >= 15 is 0 Å². The summed E-state index contributed by atoms with van der Waals surface area (Å²) in [6, 6.07) is 39.5. The number of hydrogen-bond acceptors (Lipinski definition) is 0. The van der Waals surface area contributed by atoms with Crippen LogP contribution in [0.15, 0.2) is 109 Å². The summed E-state index contributed by atoms with van der Waals surface area (Å²) in [5, 5.41) is 5.33. The summed E-state index contributed by atoms with van der Waals surface area (Å²) in [7, 11) is 0. The number of hydrogen-bond donors (Lipinski definition) is 0. The van der Waals surface area contributed by atoms with Gasteiger partial charge in [-0.05, 0) is 38.8 Å². The first-order valence-corrected chi connectivity index (χ1v) is 15.7. The van der Waals surface area contributed by atoms with E-state index in [9.17, 15) is 0 Å². The van der Waals surface area contributed by atoms with Crippen molar-refractivity contribution in [1.82, 2.24) is 0 Å². The third kappa shape index (κ3) is 8.25. The maximum atomic E-state index is 2.26. The Morgan fingerprint density at radius 2 is 0.902 bits per heavy atom. The summed E-state index contributed by atoms with van der Waals surface area (Å²) < 4.78 is 1.82. The van der Waals surface area contributed by atoms with E-state index in [1.807, 2.05) is 3.26 Å². The second kappa shape index (κ2) is 15.1. The van der Waals surface area contributed by atoms with E-state index in [0.29, 0.717) is 0 Å². The summed E-state index contributed by atoms with van der Waals surface area (Å²) in [4.78, 5) is 0. The van der Waals surface area contributed by atoms with E-state index in [1.54, 1.807) is 0 Å². The first-order valence-electron chi connectivity index (χ1n) is 13.9. The standard InChI is InChI=1S/2C17H15.C4H6.2ClH.Hf/c2*1-12-9-13(2)11-15(10-12)17-8-4-6-14-5-3-7-16(14)17;1-2-4-3-1;;;/h2*3-11H,1-2H3;1-3H2;2*1H;/q2*-1;;;;+2/p-2. The summed E-state index contributed by atoms with van der Waals surface area (Å²) in [5.41, 5.74) is 10.6. The molecular formula is C38H36Cl2Hf-2. The van der Waals surface area contributed by atoms with Crippen LogP contribution in [0.3, 0.4) is 0 Å². The molecule has 0 amide bonds. The van der Waals surface area contributed by atoms with E-state index in [2.05, 4.69) is 137 Å². The first kappa shape index (κ1) is 32.9. The van der Waals surface area contributed by atoms with Gasteiger partial charge in [0.05, 0.1) is 0 Å². The van der Waals surface area contributed by atoms with Gasteiger partial charge in [-0.3, -0.25) is 0 Å². The number of rotatable bonds is 2. The number of halogens is 2. The summed E-state index contributed by atoms with van der Waals surface area (Å²) in [6.07, 6.45) is 4.41. The van der Waals surface area contributed by atoms with Crippen molar-refractivity contribution in [2.24, 2.45) is 0 Å². The second-order valence-electron chi connectivity index (χ2n) is 10.9. The van der Waals surface area contributed by atoms with Gasteiger partial charge in [-0.1, -0.05) is 81.9 Å². The number of fused-ring (bicyclic) bond motifs is 2. The van der Waals surface area contributed by atoms with Gasteiger partial charge in [0.25, 0.3) is 0 Å². The normalized spacial score (nSPS) is 11.8. The molecule has 0 spiro atoms. The van der Waals surface area contributed by atoms with Gasteiger partial charge in [0, 0.05) is 0 Å². The molecule has 6 aromatic rings. The van der Waals surface area contributed by atoms with Gasteiger partial charge in [-0.2, -0.15) is 24.3 Å². The predicted molar refractivity (Wildman–Crippen MR) is 168 cm³/mol. The quantitative estimate of drug-likeness (QED) is 0.180. The minimum atomic E-state index is 0. The molecule has 0 atom stereocenters. The van der Waals surface area contributed by atoms with Crippen molar-refractivity contribution in [2.45, 2.75) is 47.0 Å². The van der Waals surface area contributed by atoms with Crippen LogP contribution in [0.25, 0.3) is 43.8 Å². The Morgan fingerprint density at radius 3 is 1.22 bits per heavy atom. The number of benzene rings is 4. The molecule has 0 nitrogen and oxygen atoms in total. The van der Waals surface area contributed by atoms with Crippen molar-refractivity contribution in [3.8, 4) is 22.3 Å². The van der Waals surface area contributed by atoms with Gasteiger partial charge < -0.3 is 24.8 Å². The third-order valence-electron chi connectivity index (χ3n) is 7.38. The van der Waals surface area contributed by atoms with Gasteiger partial charge in [0.2, 0.25) is 0 Å². The Kier molecular flexibility index (Phi) is 12.1. The molecule has 0 heterocycles. The molecule has 6 aromatic carbocycles. The van der Waals surface area contributed by atoms with Gasteiger partial charge >= 0.3 is 46.4 Å². The van der Waals surface area contributed by atoms with Crippen LogP contribution in [0.5, 0.6) is 0 Å². The number of aryl methyl sites for hydroxylation is 4. The molecule has 3 heteroatoms. The second-order valence-corrected chi connectivity index (χ2v) is 13.4. The molecule has 1 aliphatic carbocycles. The fraction of sp³-hybridized carbons (Fsp3) is 0.184. The van der Waals surface area contributed by atoms with E-state index < -0.39 is 0 Å². The molecule has 1 saturated carbocycles. The molecular weight excluding hydrogens is 706 g/mol. The monoisotopic (exact) mass is 742 g/mol. The molecule has 0 bridgehead atoms. The Morgan fingerprint density at radius 1 is 0.537 bits per heavy atom. The van der Waals surface area contributed by atoms with Crippen LogP contribution in [0, 0.1) is 27.7 Å². The van der Waals surface area contributed by atoms with Crippen molar-refractivity contribution >= 4 is 24.8 Å². The van der Waals surface area contributed by atoms with Crippen molar-refractivity contribution < 1.29 is 48.7 Å². The Balaban J connectivity index is 0.000000185. The molecule has 0 aliphatic heterocycles. The zero-order valence-corrected chi connectivity index (χ0v) is 29.4. The fourth-order valence-electron chi connectivity index (χ4n) is 5.44. The molecule has 0 saturated heterocycles. The predicted octanol–water partition coefficient (Wildman–Crippen LogP) is 4.58. The third-order valence-corrected chi connectivity index (χ3v) is 9.18. The summed E-state index contributed by atoms with van der Waals surface area (Å²) in [6.45, 7) is 8.62. The molecule has 0 N–H and O–H groups in total. The summed E-state index contributed by atoms with van der Waals surface area (Å²) >= 11 is 1.37. The molecule has 0 unspecified atom stereocenters. The molecule has 1 fully saturated rings. The molecule has 1 aliphatic rings. The van der Waals surface area contributed by atoms with Crippen LogP contribution in [-0.2, 0) is 23.9 Å². The average Bonchev–Trinajstić information content (AvgIpc) is 3.56. The van der Waals surface area contributed by atoms with Crippen LogP contribution < -0.4 is 24.8 Å². The van der Waals surface area contributed by atoms with Gasteiger partial charge in [-0.15, -0.1) is 57.9 Å². The van der Waals surface area contributed by atoms with Gasteiger partial charge in [0.1, 0.15) is 0 Å². The molecule has 208 valence electrons. The van der Waals surface area contributed by atoms with E-state index in [0.717, 1.165) is 0 Å². The van der Waals surface area contributed by atoms with Crippen LogP contribution in [0.1, 0.15) is 41.5 Å². The molecule has 41 heavy (non-hydrogen) atoms. The van der Waals surface area contributed by atoms with Crippen LogP contribution in [-0.4, -0.2) is 3.26 Å². The van der Waals surface area contributed by atoms with Crippen LogP contribution in [0.4, 0.5) is 0 Å². The van der Waals surface area contributed by atoms with Crippen molar-refractivity contribution in [2.75, 3.05) is 0 Å². The minimum absolute atomic E-state index is 0. The van der Waals surface area contributed by atoms with Gasteiger partial charge in [0.15, 0.2) is 0 Å². The van der Waals surface area contributed by atoms with Crippen LogP contribution >= 0.6 is 0 Å². The zero-order chi connectivity index (χ0) is 27.4. The molecule has 7 rings (SSSR count). The maximum absolute atomic E-state index is 2.26. The fourth-order valence-corrected chi connectivity index (χ4v) is 6.71. The van der Waals surface area contributed by atoms with Crippen molar-refractivity contribution in [1.29, 1.82) is 0 Å². The topological polar surface area (TPSA) is 0 Å². The first-order chi connectivity index (χ1) is 18.9. The molecule has 0 aromatic heterocycles. The average molecular weight is 742 g/mol. The SMILES string of the molecule is Cc1cc(C)cc(-c2cccc3[cH-]ccc23)c1.Cc1cc(C)cc(-c2cccc3[cH-]ccc23)c1.[Cl-].[Cl-].[Hf+2]=[C]1CCC1. The van der Waals surface area contributed by atoms with Gasteiger partial charge in [-0.25, -0.2) is 0 Å². The Labute approximate surface area is 272 Å². The van der Waals surface area contributed by atoms with E-state index in [-0.39, 0.29) is 24.8 Å². The Bertz CT molecular complexity index is 1580. The van der Waals surface area contributed by atoms with Crippen LogP contribution in [0.2, 0.25) is 0 Å². The van der Waals surface area contributed by atoms with E-state index in [4.69, 9.17) is 0 Å². The Hall–Kier alpha value is -2.58. The van der Waals surface area contributed by atoms with Crippen molar-refractivity contribution in [3.63, 3.8) is 0 Å². The summed E-state index contributed by atoms with van der Waals surface area (Å²) in [5.74, 6) is 0. The molecule has 0 radical (unpaired) electrons.